The minimum atomic E-state index is -0.974. The van der Waals surface area contributed by atoms with Crippen LogP contribution in [0.15, 0.2) is 173 Å². The number of carbonyl (C=O) groups is 3. The number of halogens is 1. The molecule has 6 aromatic rings. The molecule has 2 unspecified atom stereocenters. The van der Waals surface area contributed by atoms with E-state index in [9.17, 15) is 14.4 Å². The lowest BCUT2D eigenvalue weighted by atomic mass is 9.77. The minimum absolute atomic E-state index is 0.0238. The summed E-state index contributed by atoms with van der Waals surface area (Å²) in [4.78, 5) is 54.4. The number of hydrogen-bond donors (Lipinski definition) is 2. The van der Waals surface area contributed by atoms with Crippen LogP contribution in [-0.2, 0) is 29.5 Å². The average molecular weight is 868 g/mol. The molecule has 2 atom stereocenters. The SMILES string of the molecule is CC(C)O/N=C(\C(=O)NC1C(=O)N2C(C(=O)OC(c3ccccc3)c3ccccc3)=C(CCl)CSC12)c1csc(NC(c2ccccc2)(c2ccccc2)c2ccccc2)n1. The minimum Gasteiger partial charge on any atom is -0.448 e. The molecule has 0 aliphatic carbocycles. The van der Waals surface area contributed by atoms with Gasteiger partial charge in [-0.2, -0.15) is 0 Å². The number of alkyl halides is 1. The first kappa shape index (κ1) is 41.5. The molecule has 10 nitrogen and oxygen atoms in total. The fraction of sp³-hybridized carbons (Fsp3) is 0.188. The number of hydrogen-bond acceptors (Lipinski definition) is 10. The van der Waals surface area contributed by atoms with Crippen molar-refractivity contribution in [1.29, 1.82) is 0 Å². The topological polar surface area (TPSA) is 122 Å². The summed E-state index contributed by atoms with van der Waals surface area (Å²) in [5.41, 5.74) is 4.48. The van der Waals surface area contributed by atoms with Crippen LogP contribution in [-0.4, -0.2) is 62.5 Å². The third kappa shape index (κ3) is 8.56. The summed E-state index contributed by atoms with van der Waals surface area (Å²) in [7, 11) is 0. The van der Waals surface area contributed by atoms with Crippen molar-refractivity contribution in [3.8, 4) is 0 Å². The lowest BCUT2D eigenvalue weighted by Crippen LogP contribution is -2.71. The zero-order chi connectivity index (χ0) is 42.3. The molecule has 61 heavy (non-hydrogen) atoms. The van der Waals surface area contributed by atoms with Gasteiger partial charge in [0.2, 0.25) is 0 Å². The van der Waals surface area contributed by atoms with Crippen LogP contribution in [0.2, 0.25) is 0 Å². The standard InChI is InChI=1S/C48H42ClN5O5S2/c1-31(2)59-53-39(38-30-61-47(50-38)52-48(35-22-12-5-13-23-35,36-24-14-6-15-25-36)37-26-16-7-17-27-37)43(55)51-40-44(56)54-41(34(28-49)29-60-45(40)54)46(57)58-42(32-18-8-3-9-19-32)33-20-10-4-11-21-33/h3-27,30-31,40,42,45H,28-29H2,1-2H3,(H,50,52)(H,51,55)/b53-39-. The Kier molecular flexibility index (Phi) is 12.7. The number of ether oxygens (including phenoxy) is 1. The van der Waals surface area contributed by atoms with Gasteiger partial charge in [-0.15, -0.1) is 34.7 Å². The van der Waals surface area contributed by atoms with Gasteiger partial charge in [0.15, 0.2) is 16.9 Å². The van der Waals surface area contributed by atoms with E-state index in [1.54, 1.807) is 19.2 Å². The van der Waals surface area contributed by atoms with Crippen molar-refractivity contribution in [3.63, 3.8) is 0 Å². The van der Waals surface area contributed by atoms with E-state index in [1.807, 2.05) is 115 Å². The van der Waals surface area contributed by atoms with Crippen LogP contribution in [0.4, 0.5) is 5.13 Å². The Labute approximate surface area is 367 Å². The molecule has 5 aromatic carbocycles. The molecule has 2 aliphatic heterocycles. The highest BCUT2D eigenvalue weighted by molar-refractivity contribution is 8.00. The van der Waals surface area contributed by atoms with E-state index in [1.165, 1.54) is 28.0 Å². The zero-order valence-corrected chi connectivity index (χ0v) is 35.7. The maximum atomic E-state index is 14.3. The first-order valence-corrected chi connectivity index (χ1v) is 22.2. The van der Waals surface area contributed by atoms with Crippen molar-refractivity contribution in [3.05, 3.63) is 202 Å². The first-order valence-electron chi connectivity index (χ1n) is 19.8. The van der Waals surface area contributed by atoms with Crippen molar-refractivity contribution in [1.82, 2.24) is 15.2 Å². The second-order valence-corrected chi connectivity index (χ2v) is 16.9. The molecule has 0 spiro atoms. The van der Waals surface area contributed by atoms with E-state index in [0.29, 0.717) is 16.5 Å². The highest BCUT2D eigenvalue weighted by atomic mass is 35.5. The molecule has 1 saturated heterocycles. The number of esters is 1. The fourth-order valence-corrected chi connectivity index (χ4v) is 9.90. The van der Waals surface area contributed by atoms with Gasteiger partial charge in [-0.3, -0.25) is 14.5 Å². The van der Waals surface area contributed by atoms with Gasteiger partial charge in [-0.1, -0.05) is 157 Å². The summed E-state index contributed by atoms with van der Waals surface area (Å²) in [6.07, 6.45) is -1.08. The highest BCUT2D eigenvalue weighted by Gasteiger charge is 2.55. The molecule has 2 aliphatic rings. The Hall–Kier alpha value is -6.21. The van der Waals surface area contributed by atoms with Crippen molar-refractivity contribution >= 4 is 63.3 Å². The maximum Gasteiger partial charge on any atom is 0.356 e. The number of rotatable bonds is 15. The van der Waals surface area contributed by atoms with Crippen LogP contribution < -0.4 is 10.6 Å². The van der Waals surface area contributed by atoms with Gasteiger partial charge in [0.05, 0.1) is 0 Å². The van der Waals surface area contributed by atoms with E-state index >= 15 is 0 Å². The van der Waals surface area contributed by atoms with E-state index in [-0.39, 0.29) is 29.1 Å². The van der Waals surface area contributed by atoms with Gasteiger partial charge in [0.25, 0.3) is 11.8 Å². The summed E-state index contributed by atoms with van der Waals surface area (Å²) in [5.74, 6) is -1.42. The molecule has 8 rings (SSSR count). The summed E-state index contributed by atoms with van der Waals surface area (Å²) < 4.78 is 6.19. The third-order valence-corrected chi connectivity index (χ3v) is 12.8. The summed E-state index contributed by atoms with van der Waals surface area (Å²) in [6, 6.07) is 48.2. The molecular formula is C48H42ClN5O5S2. The van der Waals surface area contributed by atoms with Crippen LogP contribution in [0.5, 0.6) is 0 Å². The monoisotopic (exact) mass is 867 g/mol. The number of aromatic nitrogens is 1. The Balaban J connectivity index is 1.05. The van der Waals surface area contributed by atoms with E-state index in [0.717, 1.165) is 27.8 Å². The summed E-state index contributed by atoms with van der Waals surface area (Å²) in [6.45, 7) is 3.60. The largest absolute Gasteiger partial charge is 0.448 e. The van der Waals surface area contributed by atoms with Gasteiger partial charge < -0.3 is 20.2 Å². The summed E-state index contributed by atoms with van der Waals surface area (Å²) >= 11 is 9.11. The normalized spacial score (nSPS) is 16.5. The Morgan fingerprint density at radius 2 is 1.33 bits per heavy atom. The van der Waals surface area contributed by atoms with Crippen molar-refractivity contribution < 1.29 is 24.0 Å². The summed E-state index contributed by atoms with van der Waals surface area (Å²) in [5, 5.41) is 12.6. The van der Waals surface area contributed by atoms with Crippen LogP contribution in [0.25, 0.3) is 0 Å². The number of amides is 2. The van der Waals surface area contributed by atoms with Gasteiger partial charge >= 0.3 is 5.97 Å². The van der Waals surface area contributed by atoms with Crippen LogP contribution in [0, 0.1) is 0 Å². The average Bonchev–Trinajstić information content (AvgIpc) is 3.77. The highest BCUT2D eigenvalue weighted by Crippen LogP contribution is 2.43. The van der Waals surface area contributed by atoms with Crippen LogP contribution >= 0.6 is 34.7 Å². The fourth-order valence-electron chi connectivity index (χ4n) is 7.48. The van der Waals surface area contributed by atoms with Crippen molar-refractivity contribution in [2.75, 3.05) is 16.9 Å². The zero-order valence-electron chi connectivity index (χ0n) is 33.3. The number of anilines is 1. The van der Waals surface area contributed by atoms with Gasteiger partial charge in [0, 0.05) is 17.0 Å². The molecule has 0 radical (unpaired) electrons. The Bertz CT molecular complexity index is 2400. The smallest absolute Gasteiger partial charge is 0.356 e. The molecule has 0 bridgehead atoms. The molecule has 308 valence electrons. The van der Waals surface area contributed by atoms with E-state index < -0.39 is 40.8 Å². The molecule has 3 heterocycles. The number of nitrogens with one attached hydrogen (secondary N) is 2. The Morgan fingerprint density at radius 3 is 1.82 bits per heavy atom. The Morgan fingerprint density at radius 1 is 0.820 bits per heavy atom. The second kappa shape index (κ2) is 18.6. The van der Waals surface area contributed by atoms with Crippen LogP contribution in [0.3, 0.4) is 0 Å². The van der Waals surface area contributed by atoms with Gasteiger partial charge in [-0.25, -0.2) is 9.78 Å². The number of benzene rings is 5. The molecular weight excluding hydrogens is 826 g/mol. The predicted octanol–water partition coefficient (Wildman–Crippen LogP) is 8.90. The lowest BCUT2D eigenvalue weighted by molar-refractivity contribution is -0.154. The number of β-lactam (4-membered cyclic amide) rings is 1. The van der Waals surface area contributed by atoms with Crippen LogP contribution in [0.1, 0.15) is 53.5 Å². The number of oxime groups is 1. The molecule has 1 fully saturated rings. The lowest BCUT2D eigenvalue weighted by Gasteiger charge is -2.49. The number of thiazole rings is 1. The first-order chi connectivity index (χ1) is 29.8. The van der Waals surface area contributed by atoms with E-state index in [4.69, 9.17) is 26.2 Å². The third-order valence-electron chi connectivity index (χ3n) is 10.3. The van der Waals surface area contributed by atoms with Crippen molar-refractivity contribution in [2.45, 2.75) is 43.0 Å². The second-order valence-electron chi connectivity index (χ2n) is 14.7. The maximum absolute atomic E-state index is 14.3. The number of thioether (sulfide) groups is 1. The molecule has 2 amide bonds. The number of nitrogens with zero attached hydrogens (tertiary/aromatic N) is 3. The molecule has 2 N–H and O–H groups in total. The number of carbonyl (C=O) groups excluding carboxylic acids is 3. The number of fused-ring (bicyclic) bond motifs is 1. The van der Waals surface area contributed by atoms with Gasteiger partial charge in [0.1, 0.15) is 34.4 Å². The molecule has 0 saturated carbocycles. The van der Waals surface area contributed by atoms with E-state index in [2.05, 4.69) is 52.2 Å². The quantitative estimate of drug-likeness (QED) is 0.0262. The van der Waals surface area contributed by atoms with Gasteiger partial charge in [-0.05, 0) is 47.2 Å². The molecule has 1 aromatic heterocycles. The van der Waals surface area contributed by atoms with Crippen molar-refractivity contribution in [2.24, 2.45) is 5.16 Å². The molecule has 13 heteroatoms. The predicted molar refractivity (Wildman–Crippen MR) is 241 cm³/mol.